The Balaban J connectivity index is 2.62. The van der Waals surface area contributed by atoms with Gasteiger partial charge in [0.25, 0.3) is 11.6 Å². The third kappa shape index (κ3) is 5.34. The Kier molecular flexibility index (Phi) is 6.84. The van der Waals surface area contributed by atoms with Crippen LogP contribution in [0.5, 0.6) is 0 Å². The molecular weight excluding hydrogens is 318 g/mol. The standard InChI is InChI=1S/C15H19N3O6/c1-3-4-11(15(21)22)17-13(19)8-16-14(20)10-5-6-12(18(23)24)9(2)7-10/h5-7,11H,3-4,8H2,1-2H3,(H,16,20)(H,17,19)(H,21,22). The number of hydrogen-bond donors (Lipinski definition) is 3. The lowest BCUT2D eigenvalue weighted by Crippen LogP contribution is -2.45. The van der Waals surface area contributed by atoms with Crippen molar-refractivity contribution in [2.24, 2.45) is 0 Å². The van der Waals surface area contributed by atoms with Crippen molar-refractivity contribution >= 4 is 23.5 Å². The van der Waals surface area contributed by atoms with Gasteiger partial charge in [-0.2, -0.15) is 0 Å². The number of carbonyl (C=O) groups excluding carboxylic acids is 2. The van der Waals surface area contributed by atoms with E-state index in [2.05, 4.69) is 10.6 Å². The first kappa shape index (κ1) is 19.1. The minimum absolute atomic E-state index is 0.104. The first-order valence-corrected chi connectivity index (χ1v) is 7.31. The van der Waals surface area contributed by atoms with Gasteiger partial charge >= 0.3 is 5.97 Å². The van der Waals surface area contributed by atoms with Crippen molar-refractivity contribution in [2.75, 3.05) is 6.54 Å². The second kappa shape index (κ2) is 8.61. The number of amides is 2. The Bertz CT molecular complexity index is 659. The van der Waals surface area contributed by atoms with Gasteiger partial charge in [0.2, 0.25) is 5.91 Å². The normalized spacial score (nSPS) is 11.4. The van der Waals surface area contributed by atoms with Crippen LogP contribution >= 0.6 is 0 Å². The number of nitro groups is 1. The molecule has 0 saturated carbocycles. The van der Waals surface area contributed by atoms with Gasteiger partial charge in [-0.05, 0) is 25.5 Å². The maximum absolute atomic E-state index is 12.0. The number of hydrogen-bond acceptors (Lipinski definition) is 5. The Morgan fingerprint density at radius 1 is 1.33 bits per heavy atom. The van der Waals surface area contributed by atoms with Gasteiger partial charge in [-0.25, -0.2) is 4.79 Å². The number of nitrogens with one attached hydrogen (secondary N) is 2. The SMILES string of the molecule is CCCC(NC(=O)CNC(=O)c1ccc([N+](=O)[O-])c(C)c1)C(=O)O. The fourth-order valence-electron chi connectivity index (χ4n) is 2.06. The average molecular weight is 337 g/mol. The number of nitrogens with zero attached hydrogens (tertiary/aromatic N) is 1. The molecule has 0 radical (unpaired) electrons. The molecular formula is C15H19N3O6. The highest BCUT2D eigenvalue weighted by atomic mass is 16.6. The second-order valence-corrected chi connectivity index (χ2v) is 5.19. The number of benzene rings is 1. The van der Waals surface area contributed by atoms with E-state index in [9.17, 15) is 24.5 Å². The summed E-state index contributed by atoms with van der Waals surface area (Å²) in [5.74, 6) is -2.34. The lowest BCUT2D eigenvalue weighted by molar-refractivity contribution is -0.385. The molecule has 0 saturated heterocycles. The Hall–Kier alpha value is -2.97. The number of carbonyl (C=O) groups is 3. The topological polar surface area (TPSA) is 139 Å². The van der Waals surface area contributed by atoms with Crippen molar-refractivity contribution in [3.63, 3.8) is 0 Å². The molecule has 0 fully saturated rings. The average Bonchev–Trinajstić information content (AvgIpc) is 2.51. The van der Waals surface area contributed by atoms with E-state index in [0.29, 0.717) is 12.0 Å². The highest BCUT2D eigenvalue weighted by molar-refractivity contribution is 5.97. The van der Waals surface area contributed by atoms with E-state index in [1.807, 2.05) is 0 Å². The summed E-state index contributed by atoms with van der Waals surface area (Å²) in [4.78, 5) is 44.8. The first-order chi connectivity index (χ1) is 11.3. The largest absolute Gasteiger partial charge is 0.480 e. The van der Waals surface area contributed by atoms with E-state index in [1.54, 1.807) is 6.92 Å². The zero-order valence-corrected chi connectivity index (χ0v) is 13.4. The van der Waals surface area contributed by atoms with Gasteiger partial charge < -0.3 is 15.7 Å². The molecule has 1 rings (SSSR count). The Morgan fingerprint density at radius 2 is 2.00 bits per heavy atom. The fraction of sp³-hybridized carbons (Fsp3) is 0.400. The van der Waals surface area contributed by atoms with Crippen LogP contribution in [-0.4, -0.2) is 40.4 Å². The van der Waals surface area contributed by atoms with Gasteiger partial charge in [-0.3, -0.25) is 19.7 Å². The number of carboxylic acids is 1. The minimum Gasteiger partial charge on any atom is -0.480 e. The van der Waals surface area contributed by atoms with Gasteiger partial charge in [0, 0.05) is 17.2 Å². The zero-order valence-electron chi connectivity index (χ0n) is 13.4. The van der Waals surface area contributed by atoms with Gasteiger partial charge in [-0.1, -0.05) is 13.3 Å². The molecule has 0 aliphatic carbocycles. The van der Waals surface area contributed by atoms with Crippen LogP contribution in [0.25, 0.3) is 0 Å². The second-order valence-electron chi connectivity index (χ2n) is 5.19. The molecule has 0 aromatic heterocycles. The van der Waals surface area contributed by atoms with Crippen molar-refractivity contribution in [3.05, 3.63) is 39.4 Å². The van der Waals surface area contributed by atoms with Crippen molar-refractivity contribution in [3.8, 4) is 0 Å². The van der Waals surface area contributed by atoms with Crippen LogP contribution < -0.4 is 10.6 Å². The number of rotatable bonds is 8. The molecule has 3 N–H and O–H groups in total. The number of aryl methyl sites for hydroxylation is 1. The zero-order chi connectivity index (χ0) is 18.3. The van der Waals surface area contributed by atoms with Crippen LogP contribution in [0.3, 0.4) is 0 Å². The molecule has 2 amide bonds. The summed E-state index contributed by atoms with van der Waals surface area (Å²) < 4.78 is 0. The molecule has 0 bridgehead atoms. The summed E-state index contributed by atoms with van der Waals surface area (Å²) >= 11 is 0. The molecule has 0 heterocycles. The third-order valence-corrected chi connectivity index (χ3v) is 3.28. The van der Waals surface area contributed by atoms with Crippen LogP contribution in [0.2, 0.25) is 0 Å². The summed E-state index contributed by atoms with van der Waals surface area (Å²) in [6, 6.07) is 2.85. The molecule has 1 aromatic rings. The molecule has 1 atom stereocenters. The van der Waals surface area contributed by atoms with E-state index < -0.39 is 28.7 Å². The first-order valence-electron chi connectivity index (χ1n) is 7.31. The summed E-state index contributed by atoms with van der Waals surface area (Å²) in [5, 5.41) is 24.4. The lowest BCUT2D eigenvalue weighted by atomic mass is 10.1. The van der Waals surface area contributed by atoms with Crippen molar-refractivity contribution < 1.29 is 24.4 Å². The predicted octanol–water partition coefficient (Wildman–Crippen LogP) is 1.00. The van der Waals surface area contributed by atoms with Crippen molar-refractivity contribution in [2.45, 2.75) is 32.7 Å². The van der Waals surface area contributed by atoms with E-state index in [4.69, 9.17) is 5.11 Å². The maximum atomic E-state index is 12.0. The molecule has 130 valence electrons. The van der Waals surface area contributed by atoms with Crippen LogP contribution in [-0.2, 0) is 9.59 Å². The monoisotopic (exact) mass is 337 g/mol. The fourth-order valence-corrected chi connectivity index (χ4v) is 2.06. The van der Waals surface area contributed by atoms with Crippen LogP contribution in [0.1, 0.15) is 35.7 Å². The summed E-state index contributed by atoms with van der Waals surface area (Å²) in [7, 11) is 0. The summed E-state index contributed by atoms with van der Waals surface area (Å²) in [6.45, 7) is 2.91. The minimum atomic E-state index is -1.14. The van der Waals surface area contributed by atoms with Gasteiger partial charge in [-0.15, -0.1) is 0 Å². The van der Waals surface area contributed by atoms with Crippen LogP contribution in [0, 0.1) is 17.0 Å². The molecule has 0 aliphatic rings. The molecule has 1 aromatic carbocycles. The third-order valence-electron chi connectivity index (χ3n) is 3.28. The molecule has 1 unspecified atom stereocenters. The number of aliphatic carboxylic acids is 1. The van der Waals surface area contributed by atoms with Crippen LogP contribution in [0.15, 0.2) is 18.2 Å². The Morgan fingerprint density at radius 3 is 2.50 bits per heavy atom. The number of carboxylic acid groups (broad SMARTS) is 1. The molecule has 0 aliphatic heterocycles. The molecule has 9 nitrogen and oxygen atoms in total. The van der Waals surface area contributed by atoms with Crippen LogP contribution in [0.4, 0.5) is 5.69 Å². The maximum Gasteiger partial charge on any atom is 0.326 e. The highest BCUT2D eigenvalue weighted by Crippen LogP contribution is 2.18. The van der Waals surface area contributed by atoms with E-state index >= 15 is 0 Å². The molecule has 9 heteroatoms. The number of nitro benzene ring substituents is 1. The van der Waals surface area contributed by atoms with E-state index in [1.165, 1.54) is 25.1 Å². The molecule has 24 heavy (non-hydrogen) atoms. The summed E-state index contributed by atoms with van der Waals surface area (Å²) in [5.41, 5.74) is 0.397. The van der Waals surface area contributed by atoms with Gasteiger partial charge in [0.05, 0.1) is 11.5 Å². The Labute approximate surface area is 138 Å². The summed E-state index contributed by atoms with van der Waals surface area (Å²) in [6.07, 6.45) is 0.877. The lowest BCUT2D eigenvalue weighted by Gasteiger charge is -2.13. The van der Waals surface area contributed by atoms with E-state index in [0.717, 1.165) is 0 Å². The van der Waals surface area contributed by atoms with Gasteiger partial charge in [0.1, 0.15) is 6.04 Å². The highest BCUT2D eigenvalue weighted by Gasteiger charge is 2.19. The quantitative estimate of drug-likeness (QED) is 0.478. The van der Waals surface area contributed by atoms with Crippen molar-refractivity contribution in [1.82, 2.24) is 10.6 Å². The smallest absolute Gasteiger partial charge is 0.326 e. The van der Waals surface area contributed by atoms with E-state index in [-0.39, 0.29) is 24.2 Å². The van der Waals surface area contributed by atoms with Crippen molar-refractivity contribution in [1.29, 1.82) is 0 Å². The molecule has 0 spiro atoms. The van der Waals surface area contributed by atoms with Gasteiger partial charge in [0.15, 0.2) is 0 Å². The predicted molar refractivity (Wildman–Crippen MR) is 84.6 cm³/mol.